The second kappa shape index (κ2) is 7.96. The quantitative estimate of drug-likeness (QED) is 0.861. The molecule has 4 heteroatoms. The molecular weight excluding hydrogens is 275 g/mol. The number of piperidine rings is 1. The summed E-state index contributed by atoms with van der Waals surface area (Å²) in [5.74, 6) is 0.428. The highest BCUT2D eigenvalue weighted by atomic mass is 35.5. The van der Waals surface area contributed by atoms with Crippen molar-refractivity contribution in [1.29, 1.82) is 0 Å². The van der Waals surface area contributed by atoms with Crippen molar-refractivity contribution < 1.29 is 4.39 Å². The molecule has 1 N–H and O–H groups in total. The molecule has 112 valence electrons. The standard InChI is InChI=1S/C16H24ClFN2/c1-2-10-20(11-13-6-8-19-9-7-13)12-14-4-3-5-15(18)16(14)17/h3-5,13,19H,2,6-12H2,1H3. The first-order chi connectivity index (χ1) is 9.70. The van der Waals surface area contributed by atoms with E-state index in [4.69, 9.17) is 11.6 Å². The zero-order valence-electron chi connectivity index (χ0n) is 12.2. The molecule has 1 aliphatic heterocycles. The molecule has 0 spiro atoms. The fourth-order valence-electron chi connectivity index (χ4n) is 2.89. The van der Waals surface area contributed by atoms with E-state index in [0.717, 1.165) is 50.6 Å². The maximum Gasteiger partial charge on any atom is 0.142 e. The van der Waals surface area contributed by atoms with E-state index in [1.807, 2.05) is 6.07 Å². The fourth-order valence-corrected chi connectivity index (χ4v) is 3.08. The number of nitrogens with zero attached hydrogens (tertiary/aromatic N) is 1. The van der Waals surface area contributed by atoms with Crippen LogP contribution in [0.5, 0.6) is 0 Å². The molecule has 1 fully saturated rings. The summed E-state index contributed by atoms with van der Waals surface area (Å²) in [5.41, 5.74) is 0.897. The Kier molecular flexibility index (Phi) is 6.27. The maximum atomic E-state index is 13.5. The van der Waals surface area contributed by atoms with Gasteiger partial charge < -0.3 is 5.32 Å². The summed E-state index contributed by atoms with van der Waals surface area (Å²) < 4.78 is 13.5. The Morgan fingerprint density at radius 1 is 1.35 bits per heavy atom. The molecule has 2 nitrogen and oxygen atoms in total. The topological polar surface area (TPSA) is 15.3 Å². The molecule has 0 saturated carbocycles. The van der Waals surface area contributed by atoms with Crippen LogP contribution in [0, 0.1) is 11.7 Å². The summed E-state index contributed by atoms with van der Waals surface area (Å²) in [6.45, 7) is 7.28. The molecule has 0 aromatic heterocycles. The average Bonchev–Trinajstić information content (AvgIpc) is 2.45. The van der Waals surface area contributed by atoms with Crippen LogP contribution >= 0.6 is 11.6 Å². The zero-order chi connectivity index (χ0) is 14.4. The third-order valence-electron chi connectivity index (χ3n) is 3.94. The van der Waals surface area contributed by atoms with E-state index in [1.165, 1.54) is 18.9 Å². The smallest absolute Gasteiger partial charge is 0.142 e. The normalized spacial score (nSPS) is 16.8. The minimum atomic E-state index is -0.317. The number of rotatable bonds is 6. The van der Waals surface area contributed by atoms with Crippen LogP contribution in [0.3, 0.4) is 0 Å². The minimum absolute atomic E-state index is 0.277. The molecule has 0 amide bonds. The first-order valence-corrected chi connectivity index (χ1v) is 7.94. The van der Waals surface area contributed by atoms with Crippen LogP contribution in [0.2, 0.25) is 5.02 Å². The fraction of sp³-hybridized carbons (Fsp3) is 0.625. The molecule has 0 unspecified atom stereocenters. The molecule has 0 aliphatic carbocycles. The molecule has 0 radical (unpaired) electrons. The van der Waals surface area contributed by atoms with Gasteiger partial charge in [-0.1, -0.05) is 30.7 Å². The van der Waals surface area contributed by atoms with Gasteiger partial charge in [0.1, 0.15) is 5.82 Å². The number of hydrogen-bond donors (Lipinski definition) is 1. The van der Waals surface area contributed by atoms with Crippen LogP contribution in [0.1, 0.15) is 31.7 Å². The van der Waals surface area contributed by atoms with Crippen molar-refractivity contribution in [2.75, 3.05) is 26.2 Å². The summed E-state index contributed by atoms with van der Waals surface area (Å²) in [7, 11) is 0. The number of benzene rings is 1. The van der Waals surface area contributed by atoms with Crippen LogP contribution in [0.4, 0.5) is 4.39 Å². The van der Waals surface area contributed by atoms with Crippen molar-refractivity contribution in [3.05, 3.63) is 34.6 Å². The van der Waals surface area contributed by atoms with E-state index in [1.54, 1.807) is 6.07 Å². The Morgan fingerprint density at radius 3 is 2.80 bits per heavy atom. The maximum absolute atomic E-state index is 13.5. The molecule has 20 heavy (non-hydrogen) atoms. The van der Waals surface area contributed by atoms with Crippen molar-refractivity contribution in [3.63, 3.8) is 0 Å². The van der Waals surface area contributed by atoms with Gasteiger partial charge in [-0.25, -0.2) is 4.39 Å². The second-order valence-corrected chi connectivity index (χ2v) is 6.02. The minimum Gasteiger partial charge on any atom is -0.317 e. The van der Waals surface area contributed by atoms with Gasteiger partial charge in [-0.05, 0) is 56.4 Å². The first-order valence-electron chi connectivity index (χ1n) is 7.56. The van der Waals surface area contributed by atoms with Crippen molar-refractivity contribution in [1.82, 2.24) is 10.2 Å². The van der Waals surface area contributed by atoms with E-state index in [0.29, 0.717) is 0 Å². The predicted octanol–water partition coefficient (Wildman–Crippen LogP) is 3.69. The lowest BCUT2D eigenvalue weighted by atomic mass is 9.97. The largest absolute Gasteiger partial charge is 0.317 e. The van der Waals surface area contributed by atoms with Gasteiger partial charge in [-0.15, -0.1) is 0 Å². The third-order valence-corrected chi connectivity index (χ3v) is 4.36. The Balaban J connectivity index is 1.98. The van der Waals surface area contributed by atoms with Crippen molar-refractivity contribution in [2.45, 2.75) is 32.7 Å². The van der Waals surface area contributed by atoms with E-state index >= 15 is 0 Å². The average molecular weight is 299 g/mol. The molecule has 1 aliphatic rings. The molecule has 1 aromatic rings. The van der Waals surface area contributed by atoms with Gasteiger partial charge in [0, 0.05) is 13.1 Å². The van der Waals surface area contributed by atoms with Gasteiger partial charge in [0.25, 0.3) is 0 Å². The SMILES string of the molecule is CCCN(Cc1cccc(F)c1Cl)CC1CCNCC1. The number of hydrogen-bond acceptors (Lipinski definition) is 2. The van der Waals surface area contributed by atoms with Crippen LogP contribution in [0.15, 0.2) is 18.2 Å². The van der Waals surface area contributed by atoms with Gasteiger partial charge >= 0.3 is 0 Å². The van der Waals surface area contributed by atoms with Gasteiger partial charge in [-0.3, -0.25) is 4.90 Å². The van der Waals surface area contributed by atoms with Crippen LogP contribution < -0.4 is 5.32 Å². The lowest BCUT2D eigenvalue weighted by Gasteiger charge is -2.30. The number of nitrogens with one attached hydrogen (secondary N) is 1. The van der Waals surface area contributed by atoms with Crippen molar-refractivity contribution in [3.8, 4) is 0 Å². The molecule has 1 saturated heterocycles. The second-order valence-electron chi connectivity index (χ2n) is 5.64. The monoisotopic (exact) mass is 298 g/mol. The lowest BCUT2D eigenvalue weighted by molar-refractivity contribution is 0.198. The molecule has 0 atom stereocenters. The van der Waals surface area contributed by atoms with Gasteiger partial charge in [0.15, 0.2) is 0 Å². The molecule has 1 heterocycles. The first kappa shape index (κ1) is 15.7. The zero-order valence-corrected chi connectivity index (χ0v) is 12.9. The van der Waals surface area contributed by atoms with E-state index in [-0.39, 0.29) is 10.8 Å². The van der Waals surface area contributed by atoms with Gasteiger partial charge in [-0.2, -0.15) is 0 Å². The predicted molar refractivity (Wildman–Crippen MR) is 82.6 cm³/mol. The Labute approximate surface area is 126 Å². The lowest BCUT2D eigenvalue weighted by Crippen LogP contribution is -2.36. The number of halogens is 2. The van der Waals surface area contributed by atoms with Crippen LogP contribution in [-0.4, -0.2) is 31.1 Å². The van der Waals surface area contributed by atoms with E-state index in [9.17, 15) is 4.39 Å². The molecule has 0 bridgehead atoms. The van der Waals surface area contributed by atoms with Crippen molar-refractivity contribution in [2.24, 2.45) is 5.92 Å². The Morgan fingerprint density at radius 2 is 2.10 bits per heavy atom. The van der Waals surface area contributed by atoms with Gasteiger partial charge in [0.05, 0.1) is 5.02 Å². The highest BCUT2D eigenvalue weighted by Crippen LogP contribution is 2.22. The highest BCUT2D eigenvalue weighted by Gasteiger charge is 2.18. The molecular formula is C16H24ClFN2. The molecule has 1 aromatic carbocycles. The third kappa shape index (κ3) is 4.44. The summed E-state index contributed by atoms with van der Waals surface area (Å²) in [5, 5.41) is 3.67. The highest BCUT2D eigenvalue weighted by molar-refractivity contribution is 6.31. The Hall–Kier alpha value is -0.640. The molecule has 2 rings (SSSR count). The summed E-state index contributed by atoms with van der Waals surface area (Å²) in [4.78, 5) is 2.41. The van der Waals surface area contributed by atoms with E-state index in [2.05, 4.69) is 17.1 Å². The van der Waals surface area contributed by atoms with E-state index < -0.39 is 0 Å². The summed E-state index contributed by atoms with van der Waals surface area (Å²) >= 11 is 6.07. The van der Waals surface area contributed by atoms with Crippen LogP contribution in [0.25, 0.3) is 0 Å². The summed E-state index contributed by atoms with van der Waals surface area (Å²) in [6, 6.07) is 5.09. The van der Waals surface area contributed by atoms with Crippen LogP contribution in [-0.2, 0) is 6.54 Å². The Bertz CT molecular complexity index is 419. The van der Waals surface area contributed by atoms with Gasteiger partial charge in [0.2, 0.25) is 0 Å². The van der Waals surface area contributed by atoms with Crippen molar-refractivity contribution >= 4 is 11.6 Å². The summed E-state index contributed by atoms with van der Waals surface area (Å²) in [6.07, 6.45) is 3.58.